The van der Waals surface area contributed by atoms with E-state index in [1.54, 1.807) is 0 Å². The van der Waals surface area contributed by atoms with Crippen LogP contribution in [-0.4, -0.2) is 11.8 Å². The number of benzene rings is 1. The van der Waals surface area contributed by atoms with Crippen LogP contribution in [0.15, 0.2) is 23.2 Å². The fourth-order valence-electron chi connectivity index (χ4n) is 3.81. The molecular formula is C21H31NOS. The minimum absolute atomic E-state index is 0.597. The van der Waals surface area contributed by atoms with Crippen LogP contribution in [0.5, 0.6) is 5.75 Å². The Labute approximate surface area is 152 Å². The fraction of sp³-hybridized carbons (Fsp3) is 0.667. The van der Waals surface area contributed by atoms with Crippen molar-refractivity contribution in [3.8, 4) is 5.75 Å². The number of para-hydroxylation sites is 1. The predicted octanol–water partition coefficient (Wildman–Crippen LogP) is 7.06. The SMILES string of the molecule is CCCCCC1CCC(c2cccc(N=C=S)c2OCCC)CC1. The zero-order valence-corrected chi connectivity index (χ0v) is 16.0. The molecule has 1 fully saturated rings. The summed E-state index contributed by atoms with van der Waals surface area (Å²) in [5, 5.41) is 2.50. The molecular weight excluding hydrogens is 314 g/mol. The van der Waals surface area contributed by atoms with Crippen molar-refractivity contribution < 1.29 is 4.74 Å². The Morgan fingerprint density at radius 2 is 1.92 bits per heavy atom. The van der Waals surface area contributed by atoms with Crippen molar-refractivity contribution in [2.75, 3.05) is 6.61 Å². The van der Waals surface area contributed by atoms with Crippen LogP contribution >= 0.6 is 12.2 Å². The Bertz CT molecular complexity index is 543. The van der Waals surface area contributed by atoms with Crippen molar-refractivity contribution in [1.82, 2.24) is 0 Å². The molecule has 0 radical (unpaired) electrons. The number of rotatable bonds is 9. The lowest BCUT2D eigenvalue weighted by atomic mass is 9.76. The first kappa shape index (κ1) is 19.1. The number of hydrogen-bond donors (Lipinski definition) is 0. The van der Waals surface area contributed by atoms with Gasteiger partial charge in [-0.15, -0.1) is 0 Å². The number of ether oxygens (including phenoxy) is 1. The molecule has 132 valence electrons. The Hall–Kier alpha value is -1.18. The summed E-state index contributed by atoms with van der Waals surface area (Å²) in [6, 6.07) is 6.27. The zero-order valence-electron chi connectivity index (χ0n) is 15.2. The standard InChI is InChI=1S/C21H31NOS/c1-3-5-6-8-17-11-13-18(14-12-17)19-9-7-10-20(22-16-24)21(19)23-15-4-2/h7,9-10,17-18H,3-6,8,11-15H2,1-2H3. The summed E-state index contributed by atoms with van der Waals surface area (Å²) in [6.45, 7) is 5.14. The van der Waals surface area contributed by atoms with E-state index in [0.717, 1.165) is 30.4 Å². The Kier molecular flexibility index (Phi) is 8.49. The normalized spacial score (nSPS) is 20.4. The van der Waals surface area contributed by atoms with Gasteiger partial charge < -0.3 is 4.74 Å². The van der Waals surface area contributed by atoms with E-state index in [-0.39, 0.29) is 0 Å². The zero-order chi connectivity index (χ0) is 17.2. The smallest absolute Gasteiger partial charge is 0.149 e. The second kappa shape index (κ2) is 10.6. The highest BCUT2D eigenvalue weighted by atomic mass is 32.1. The molecule has 0 bridgehead atoms. The molecule has 0 aromatic heterocycles. The van der Waals surface area contributed by atoms with E-state index in [0.29, 0.717) is 5.92 Å². The Morgan fingerprint density at radius 1 is 1.12 bits per heavy atom. The number of aliphatic imine (C=N–C) groups is 1. The lowest BCUT2D eigenvalue weighted by Gasteiger charge is -2.30. The van der Waals surface area contributed by atoms with Gasteiger partial charge in [0.25, 0.3) is 0 Å². The Balaban J connectivity index is 2.06. The average Bonchev–Trinajstić information content (AvgIpc) is 2.61. The van der Waals surface area contributed by atoms with E-state index >= 15 is 0 Å². The van der Waals surface area contributed by atoms with Crippen molar-refractivity contribution in [3.05, 3.63) is 23.8 Å². The van der Waals surface area contributed by atoms with Crippen LogP contribution in [0.2, 0.25) is 0 Å². The van der Waals surface area contributed by atoms with Gasteiger partial charge >= 0.3 is 0 Å². The average molecular weight is 346 g/mol. The molecule has 1 saturated carbocycles. The van der Waals surface area contributed by atoms with Crippen LogP contribution in [0.4, 0.5) is 5.69 Å². The quantitative estimate of drug-likeness (QED) is 0.271. The summed E-state index contributed by atoms with van der Waals surface area (Å²) >= 11 is 4.80. The highest BCUT2D eigenvalue weighted by molar-refractivity contribution is 7.78. The summed E-state index contributed by atoms with van der Waals surface area (Å²) in [6.07, 6.45) is 11.7. The van der Waals surface area contributed by atoms with Gasteiger partial charge in [-0.25, -0.2) is 0 Å². The van der Waals surface area contributed by atoms with Gasteiger partial charge in [0.2, 0.25) is 0 Å². The number of thiocarbonyl (C=S) groups is 1. The molecule has 2 rings (SSSR count). The van der Waals surface area contributed by atoms with Gasteiger partial charge in [-0.2, -0.15) is 4.99 Å². The van der Waals surface area contributed by atoms with Gasteiger partial charge in [-0.1, -0.05) is 51.7 Å². The highest BCUT2D eigenvalue weighted by Crippen LogP contribution is 2.44. The molecule has 0 saturated heterocycles. The monoisotopic (exact) mass is 345 g/mol. The third-order valence-electron chi connectivity index (χ3n) is 5.14. The van der Waals surface area contributed by atoms with Gasteiger partial charge in [0.1, 0.15) is 11.4 Å². The van der Waals surface area contributed by atoms with E-state index in [2.05, 4.69) is 36.1 Å². The van der Waals surface area contributed by atoms with Crippen LogP contribution in [-0.2, 0) is 0 Å². The fourth-order valence-corrected chi connectivity index (χ4v) is 3.91. The van der Waals surface area contributed by atoms with Crippen molar-refractivity contribution in [2.45, 2.75) is 77.6 Å². The van der Waals surface area contributed by atoms with Gasteiger partial charge in [-0.05, 0) is 67.8 Å². The molecule has 1 aromatic rings. The van der Waals surface area contributed by atoms with E-state index in [4.69, 9.17) is 17.0 Å². The second-order valence-corrected chi connectivity index (χ2v) is 7.14. The molecule has 0 heterocycles. The molecule has 0 spiro atoms. The third-order valence-corrected chi connectivity index (χ3v) is 5.24. The maximum absolute atomic E-state index is 6.05. The molecule has 0 amide bonds. The molecule has 1 aliphatic rings. The van der Waals surface area contributed by atoms with Crippen LogP contribution in [0.3, 0.4) is 0 Å². The molecule has 0 N–H and O–H groups in total. The third kappa shape index (κ3) is 5.43. The Morgan fingerprint density at radius 3 is 2.58 bits per heavy atom. The maximum Gasteiger partial charge on any atom is 0.149 e. The maximum atomic E-state index is 6.05. The minimum Gasteiger partial charge on any atom is -0.491 e. The molecule has 0 unspecified atom stereocenters. The van der Waals surface area contributed by atoms with Crippen molar-refractivity contribution in [2.24, 2.45) is 10.9 Å². The topological polar surface area (TPSA) is 21.6 Å². The molecule has 0 aliphatic heterocycles. The lowest BCUT2D eigenvalue weighted by molar-refractivity contribution is 0.285. The van der Waals surface area contributed by atoms with Crippen molar-refractivity contribution in [1.29, 1.82) is 0 Å². The molecule has 2 nitrogen and oxygen atoms in total. The molecule has 1 aliphatic carbocycles. The largest absolute Gasteiger partial charge is 0.491 e. The number of unbranched alkanes of at least 4 members (excludes halogenated alkanes) is 2. The molecule has 1 aromatic carbocycles. The first-order valence-electron chi connectivity index (χ1n) is 9.63. The van der Waals surface area contributed by atoms with Gasteiger partial charge in [0.15, 0.2) is 0 Å². The lowest BCUT2D eigenvalue weighted by Crippen LogP contribution is -2.14. The van der Waals surface area contributed by atoms with E-state index in [1.165, 1.54) is 56.9 Å². The van der Waals surface area contributed by atoms with Crippen LogP contribution < -0.4 is 4.74 Å². The number of nitrogens with zero attached hydrogens (tertiary/aromatic N) is 1. The predicted molar refractivity (Wildman–Crippen MR) is 106 cm³/mol. The van der Waals surface area contributed by atoms with Gasteiger partial charge in [0.05, 0.1) is 11.8 Å². The minimum atomic E-state index is 0.597. The van der Waals surface area contributed by atoms with Crippen LogP contribution in [0, 0.1) is 5.92 Å². The highest BCUT2D eigenvalue weighted by Gasteiger charge is 2.25. The number of isothiocyanates is 1. The van der Waals surface area contributed by atoms with E-state index in [9.17, 15) is 0 Å². The second-order valence-electron chi connectivity index (χ2n) is 6.96. The van der Waals surface area contributed by atoms with Gasteiger partial charge in [-0.3, -0.25) is 0 Å². The summed E-state index contributed by atoms with van der Waals surface area (Å²) in [5.74, 6) is 2.46. The first-order valence-corrected chi connectivity index (χ1v) is 10.0. The number of hydrogen-bond acceptors (Lipinski definition) is 3. The van der Waals surface area contributed by atoms with E-state index < -0.39 is 0 Å². The molecule has 0 atom stereocenters. The molecule has 24 heavy (non-hydrogen) atoms. The summed E-state index contributed by atoms with van der Waals surface area (Å²) < 4.78 is 6.05. The summed E-state index contributed by atoms with van der Waals surface area (Å²) in [7, 11) is 0. The summed E-state index contributed by atoms with van der Waals surface area (Å²) in [5.41, 5.74) is 2.16. The van der Waals surface area contributed by atoms with Crippen molar-refractivity contribution >= 4 is 23.1 Å². The van der Waals surface area contributed by atoms with Crippen molar-refractivity contribution in [3.63, 3.8) is 0 Å². The van der Waals surface area contributed by atoms with Crippen LogP contribution in [0.1, 0.15) is 83.1 Å². The molecule has 3 heteroatoms. The van der Waals surface area contributed by atoms with E-state index in [1.807, 2.05) is 6.07 Å². The first-order chi connectivity index (χ1) is 11.8. The van der Waals surface area contributed by atoms with Gasteiger partial charge in [0, 0.05) is 0 Å². The summed E-state index contributed by atoms with van der Waals surface area (Å²) in [4.78, 5) is 4.22. The van der Waals surface area contributed by atoms with Crippen LogP contribution in [0.25, 0.3) is 0 Å².